The van der Waals surface area contributed by atoms with Gasteiger partial charge in [0.1, 0.15) is 0 Å². The number of hydrogen-bond donors (Lipinski definition) is 2. The van der Waals surface area contributed by atoms with Crippen LogP contribution < -0.4 is 5.73 Å². The van der Waals surface area contributed by atoms with Gasteiger partial charge in [0.15, 0.2) is 0 Å². The Hall–Kier alpha value is 3.17. The Morgan fingerprint density at radius 3 is 1.50 bits per heavy atom. The first-order chi connectivity index (χ1) is 1.41. The molecule has 0 rings (SSSR count). The van der Waals surface area contributed by atoms with E-state index in [0.29, 0.717) is 0 Å². The summed E-state index contributed by atoms with van der Waals surface area (Å²) < 4.78 is 0. The largest absolute Gasteiger partial charge is 0.390 e. The zero-order valence-electron chi connectivity index (χ0n) is 3.56. The van der Waals surface area contributed by atoms with Crippen molar-refractivity contribution in [3.8, 4) is 0 Å². The summed E-state index contributed by atoms with van der Waals surface area (Å²) in [7, 11) is 0. The average molecular weight is 512 g/mol. The summed E-state index contributed by atoms with van der Waals surface area (Å²) >= 11 is 0. The monoisotopic (exact) mass is 513 g/mol. The fourth-order valence-corrected chi connectivity index (χ4v) is 0. The molecule has 0 fully saturated rings. The van der Waals surface area contributed by atoms with E-state index in [9.17, 15) is 0 Å². The van der Waals surface area contributed by atoms with Gasteiger partial charge in [0, 0.05) is 96.2 Å². The quantitative estimate of drug-likeness (QED) is 0.194. The molecule has 2 nitrogen and oxygen atoms in total. The van der Waals surface area contributed by atoms with Crippen molar-refractivity contribution in [3.05, 3.63) is 0 Å². The third-order valence-corrected chi connectivity index (χ3v) is 0. The second kappa shape index (κ2) is 24.1. The Labute approximate surface area is 133 Å². The van der Waals surface area contributed by atoms with Gasteiger partial charge in [0.2, 0.25) is 0 Å². The predicted molar refractivity (Wildman–Crippen MR) is 39.9 cm³/mol. The van der Waals surface area contributed by atoms with E-state index in [-0.39, 0.29) is 120 Å². The minimum atomic E-state index is 0. The van der Waals surface area contributed by atoms with E-state index in [1.807, 2.05) is 0 Å². The first-order valence-corrected chi connectivity index (χ1v) is 0.622. The molecule has 0 aliphatic carbocycles. The van der Waals surface area contributed by atoms with Crippen molar-refractivity contribution in [2.45, 2.75) is 0 Å². The van der Waals surface area contributed by atoms with Crippen LogP contribution in [0.15, 0.2) is 0 Å². The van der Waals surface area contributed by atoms with Crippen LogP contribution in [0, 0.1) is 5.41 Å². The Balaban J connectivity index is -0.00000000667. The summed E-state index contributed by atoms with van der Waals surface area (Å²) in [4.78, 5) is 0. The zero-order valence-corrected chi connectivity index (χ0v) is 16.1. The SMILES string of the molecule is I.N=CN.[Cs].[Pb]. The molecule has 0 aliphatic rings. The third-order valence-electron chi connectivity index (χ3n) is 0. The van der Waals surface area contributed by atoms with Crippen molar-refractivity contribution in [1.82, 2.24) is 0 Å². The molecule has 5 heteroatoms. The van der Waals surface area contributed by atoms with Crippen LogP contribution in [0.1, 0.15) is 0 Å². The van der Waals surface area contributed by atoms with E-state index < -0.39 is 0 Å². The molecular formula is CH5CsIN2Pb. The number of nitrogens with one attached hydrogen (secondary N) is 1. The summed E-state index contributed by atoms with van der Waals surface area (Å²) in [6.45, 7) is 0. The molecule has 0 heterocycles. The van der Waals surface area contributed by atoms with Gasteiger partial charge in [-0.05, 0) is 0 Å². The number of nitrogens with two attached hydrogens (primary N) is 1. The molecule has 0 aromatic rings. The van der Waals surface area contributed by atoms with Crippen LogP contribution in [0.3, 0.4) is 0 Å². The number of hydrogen-bond acceptors (Lipinski definition) is 1. The maximum Gasteiger partial charge on any atom is 0.0765 e. The Morgan fingerprint density at radius 1 is 1.50 bits per heavy atom. The molecule has 0 spiro atoms. The maximum atomic E-state index is 5.86. The second-order valence-corrected chi connectivity index (χ2v) is 0.167. The molecular weight excluding hydrogens is 507 g/mol. The van der Waals surface area contributed by atoms with Crippen LogP contribution in [-0.2, 0) is 0 Å². The fraction of sp³-hybridized carbons (Fsp3) is 0. The summed E-state index contributed by atoms with van der Waals surface area (Å²) in [5, 5.41) is 5.86. The Kier molecular flexibility index (Phi) is 92.1. The second-order valence-electron chi connectivity index (χ2n) is 0.167. The first-order valence-electron chi connectivity index (χ1n) is 0.622. The van der Waals surface area contributed by atoms with E-state index in [1.54, 1.807) is 0 Å². The van der Waals surface area contributed by atoms with Crippen LogP contribution in [-0.4, -0.2) is 103 Å². The van der Waals surface area contributed by atoms with Crippen molar-refractivity contribution < 1.29 is 0 Å². The molecule has 0 amide bonds. The van der Waals surface area contributed by atoms with E-state index >= 15 is 0 Å². The van der Waals surface area contributed by atoms with Gasteiger partial charge in [-0.25, -0.2) is 0 Å². The zero-order chi connectivity index (χ0) is 2.71. The molecule has 0 aliphatic heterocycles. The number of rotatable bonds is 0. The van der Waals surface area contributed by atoms with Gasteiger partial charge in [-0.1, -0.05) is 0 Å². The van der Waals surface area contributed by atoms with E-state index in [1.165, 1.54) is 0 Å². The molecule has 31 valence electrons. The molecule has 0 unspecified atom stereocenters. The molecule has 6 heavy (non-hydrogen) atoms. The summed E-state index contributed by atoms with van der Waals surface area (Å²) in [5.74, 6) is 0. The van der Waals surface area contributed by atoms with E-state index in [2.05, 4.69) is 5.73 Å². The molecule has 0 bridgehead atoms. The van der Waals surface area contributed by atoms with E-state index in [0.717, 1.165) is 6.34 Å². The maximum absolute atomic E-state index is 5.86. The van der Waals surface area contributed by atoms with Gasteiger partial charge >= 0.3 is 0 Å². The molecule has 0 saturated heterocycles. The van der Waals surface area contributed by atoms with Crippen molar-refractivity contribution in [3.63, 3.8) is 0 Å². The van der Waals surface area contributed by atoms with Crippen molar-refractivity contribution in [1.29, 1.82) is 5.41 Å². The van der Waals surface area contributed by atoms with Crippen molar-refractivity contribution in [2.24, 2.45) is 5.73 Å². The molecule has 0 aromatic heterocycles. The summed E-state index contributed by atoms with van der Waals surface area (Å²) in [5.41, 5.74) is 4.39. The average Bonchev–Trinajstić information content (AvgIpc) is 0.918. The Bertz CT molecular complexity index is 21.0. The minimum Gasteiger partial charge on any atom is -0.390 e. The van der Waals surface area contributed by atoms with E-state index in [4.69, 9.17) is 5.41 Å². The van der Waals surface area contributed by atoms with Gasteiger partial charge in [0.25, 0.3) is 0 Å². The van der Waals surface area contributed by atoms with Crippen LogP contribution in [0.25, 0.3) is 0 Å². The smallest absolute Gasteiger partial charge is 0.0765 e. The molecule has 0 saturated carbocycles. The third kappa shape index (κ3) is 27.1. The standard InChI is InChI=1S/CH4N2.Cs.HI.Pb/c2-1-3;;;/h1H,(H3,2,3);;1H;. The van der Waals surface area contributed by atoms with Gasteiger partial charge in [-0.15, -0.1) is 24.0 Å². The topological polar surface area (TPSA) is 49.9 Å². The molecule has 3 N–H and O–H groups in total. The van der Waals surface area contributed by atoms with Crippen LogP contribution in [0.4, 0.5) is 0 Å². The van der Waals surface area contributed by atoms with Crippen molar-refractivity contribution >= 4 is 127 Å². The van der Waals surface area contributed by atoms with Gasteiger partial charge in [0.05, 0.1) is 6.34 Å². The first kappa shape index (κ1) is 22.9. The predicted octanol–water partition coefficient (Wildman–Crippen LogP) is -0.591. The molecule has 0 atom stereocenters. The van der Waals surface area contributed by atoms with Gasteiger partial charge < -0.3 is 5.73 Å². The normalized spacial score (nSPS) is 2.00. The fourth-order valence-electron chi connectivity index (χ4n) is 0. The Morgan fingerprint density at radius 2 is 1.50 bits per heavy atom. The van der Waals surface area contributed by atoms with Gasteiger partial charge in [-0.2, -0.15) is 0 Å². The number of halogens is 1. The molecule has 5 radical (unpaired) electrons. The molecule has 0 aromatic carbocycles. The summed E-state index contributed by atoms with van der Waals surface area (Å²) in [6, 6.07) is 0. The van der Waals surface area contributed by atoms with Crippen LogP contribution in [0.2, 0.25) is 0 Å². The van der Waals surface area contributed by atoms with Crippen LogP contribution >= 0.6 is 24.0 Å². The van der Waals surface area contributed by atoms with Gasteiger partial charge in [-0.3, -0.25) is 5.41 Å². The summed E-state index contributed by atoms with van der Waals surface area (Å²) in [6.07, 6.45) is 0.750. The van der Waals surface area contributed by atoms with Crippen molar-refractivity contribution in [2.75, 3.05) is 0 Å². The minimum absolute atomic E-state index is 0. The van der Waals surface area contributed by atoms with Crippen LogP contribution in [0.5, 0.6) is 0 Å².